The molecule has 0 saturated heterocycles. The summed E-state index contributed by atoms with van der Waals surface area (Å²) in [6.45, 7) is 0. The van der Waals surface area contributed by atoms with Crippen LogP contribution in [-0.2, 0) is 7.05 Å². The van der Waals surface area contributed by atoms with Crippen LogP contribution in [0.1, 0.15) is 10.5 Å². The van der Waals surface area contributed by atoms with Gasteiger partial charge in [-0.1, -0.05) is 11.6 Å². The molecule has 2 aromatic rings. The summed E-state index contributed by atoms with van der Waals surface area (Å²) < 4.78 is 1.57. The van der Waals surface area contributed by atoms with Crippen LogP contribution < -0.4 is 5.73 Å². The van der Waals surface area contributed by atoms with E-state index in [0.29, 0.717) is 11.4 Å². The second-order valence-electron chi connectivity index (χ2n) is 3.40. The van der Waals surface area contributed by atoms with E-state index in [1.807, 2.05) is 0 Å². The molecule has 0 spiro atoms. The number of hydrogen-bond acceptors (Lipinski definition) is 4. The first-order valence-electron chi connectivity index (χ1n) is 4.68. The summed E-state index contributed by atoms with van der Waals surface area (Å²) in [5, 5.41) is 12.9. The van der Waals surface area contributed by atoms with E-state index in [4.69, 9.17) is 22.4 Å². The SMILES string of the molecule is Cn1nccc1-c1cc(N)c(Cl)c(C(=O)O)n1. The van der Waals surface area contributed by atoms with Crippen LogP contribution in [0.5, 0.6) is 0 Å². The molecule has 7 heteroatoms. The molecule has 0 amide bonds. The molecule has 6 nitrogen and oxygen atoms in total. The fraction of sp³-hybridized carbons (Fsp3) is 0.100. The lowest BCUT2D eigenvalue weighted by molar-refractivity contribution is 0.0691. The van der Waals surface area contributed by atoms with Gasteiger partial charge in [0, 0.05) is 13.2 Å². The lowest BCUT2D eigenvalue weighted by atomic mass is 10.2. The number of aryl methyl sites for hydroxylation is 1. The van der Waals surface area contributed by atoms with Crippen molar-refractivity contribution in [1.82, 2.24) is 14.8 Å². The van der Waals surface area contributed by atoms with Crippen molar-refractivity contribution >= 4 is 23.3 Å². The summed E-state index contributed by atoms with van der Waals surface area (Å²) in [4.78, 5) is 14.9. The van der Waals surface area contributed by atoms with Crippen LogP contribution >= 0.6 is 11.6 Å². The van der Waals surface area contributed by atoms with Gasteiger partial charge in [0.15, 0.2) is 5.69 Å². The molecule has 0 fully saturated rings. The molecule has 17 heavy (non-hydrogen) atoms. The average molecular weight is 253 g/mol. The number of carbonyl (C=O) groups is 1. The first kappa shape index (κ1) is 11.4. The number of anilines is 1. The third kappa shape index (κ3) is 1.94. The van der Waals surface area contributed by atoms with Gasteiger partial charge in [-0.15, -0.1) is 0 Å². The minimum absolute atomic E-state index is 0.0524. The zero-order valence-corrected chi connectivity index (χ0v) is 9.64. The highest BCUT2D eigenvalue weighted by Crippen LogP contribution is 2.27. The number of aromatic carboxylic acids is 1. The highest BCUT2D eigenvalue weighted by Gasteiger charge is 2.17. The van der Waals surface area contributed by atoms with E-state index in [1.54, 1.807) is 24.0 Å². The molecule has 88 valence electrons. The second-order valence-corrected chi connectivity index (χ2v) is 3.78. The number of hydrogen-bond donors (Lipinski definition) is 2. The van der Waals surface area contributed by atoms with E-state index < -0.39 is 5.97 Å². The molecule has 0 aliphatic carbocycles. The molecule has 0 radical (unpaired) electrons. The van der Waals surface area contributed by atoms with E-state index in [-0.39, 0.29) is 16.4 Å². The van der Waals surface area contributed by atoms with Gasteiger partial charge < -0.3 is 10.8 Å². The first-order chi connectivity index (χ1) is 8.00. The van der Waals surface area contributed by atoms with Crippen molar-refractivity contribution < 1.29 is 9.90 Å². The van der Waals surface area contributed by atoms with Crippen molar-refractivity contribution in [2.45, 2.75) is 0 Å². The molecule has 0 unspecified atom stereocenters. The Bertz CT molecular complexity index is 594. The van der Waals surface area contributed by atoms with E-state index in [9.17, 15) is 4.79 Å². The maximum Gasteiger partial charge on any atom is 0.356 e. The van der Waals surface area contributed by atoms with E-state index in [1.165, 1.54) is 6.07 Å². The summed E-state index contributed by atoms with van der Waals surface area (Å²) in [6, 6.07) is 3.23. The fourth-order valence-corrected chi connectivity index (χ4v) is 1.62. The first-order valence-corrected chi connectivity index (χ1v) is 5.06. The fourth-order valence-electron chi connectivity index (χ4n) is 1.45. The van der Waals surface area contributed by atoms with Crippen molar-refractivity contribution in [3.05, 3.63) is 29.0 Å². The molecule has 0 aliphatic rings. The minimum atomic E-state index is -1.22. The van der Waals surface area contributed by atoms with Gasteiger partial charge in [0.25, 0.3) is 0 Å². The van der Waals surface area contributed by atoms with E-state index >= 15 is 0 Å². The van der Waals surface area contributed by atoms with Gasteiger partial charge in [0.1, 0.15) is 0 Å². The topological polar surface area (TPSA) is 94.0 Å². The van der Waals surface area contributed by atoms with Gasteiger partial charge in [-0.2, -0.15) is 5.10 Å². The Morgan fingerprint density at radius 1 is 1.59 bits per heavy atom. The van der Waals surface area contributed by atoms with E-state index in [2.05, 4.69) is 10.1 Å². The molecule has 2 rings (SSSR count). The Morgan fingerprint density at radius 2 is 2.29 bits per heavy atom. The number of aromatic nitrogens is 3. The van der Waals surface area contributed by atoms with Crippen LogP contribution in [-0.4, -0.2) is 25.8 Å². The van der Waals surface area contributed by atoms with Crippen molar-refractivity contribution in [2.75, 3.05) is 5.73 Å². The molecular formula is C10H9ClN4O2. The van der Waals surface area contributed by atoms with E-state index in [0.717, 1.165) is 0 Å². The quantitative estimate of drug-likeness (QED) is 0.843. The molecule has 3 N–H and O–H groups in total. The maximum absolute atomic E-state index is 11.0. The predicted molar refractivity (Wildman–Crippen MR) is 62.8 cm³/mol. The Kier molecular flexibility index (Phi) is 2.72. The summed E-state index contributed by atoms with van der Waals surface area (Å²) >= 11 is 5.77. The Labute approximate surface area is 102 Å². The zero-order valence-electron chi connectivity index (χ0n) is 8.88. The second kappa shape index (κ2) is 4.06. The highest BCUT2D eigenvalue weighted by atomic mass is 35.5. The lowest BCUT2D eigenvalue weighted by Crippen LogP contribution is -2.06. The Morgan fingerprint density at radius 3 is 2.82 bits per heavy atom. The van der Waals surface area contributed by atoms with Crippen molar-refractivity contribution in [3.63, 3.8) is 0 Å². The van der Waals surface area contributed by atoms with Gasteiger partial charge in [0.2, 0.25) is 0 Å². The lowest BCUT2D eigenvalue weighted by Gasteiger charge is -2.06. The number of nitrogen functional groups attached to an aromatic ring is 1. The number of nitrogens with zero attached hydrogens (tertiary/aromatic N) is 3. The van der Waals surface area contributed by atoms with Crippen LogP contribution in [0.15, 0.2) is 18.3 Å². The van der Waals surface area contributed by atoms with Crippen molar-refractivity contribution in [1.29, 1.82) is 0 Å². The molecule has 0 atom stereocenters. The standard InChI is InChI=1S/C10H9ClN4O2/c1-15-7(2-3-13-15)6-4-5(12)8(11)9(14-6)10(16)17/h2-4H,1H3,(H2,12,14)(H,16,17). The number of rotatable bonds is 2. The summed E-state index contributed by atoms with van der Waals surface area (Å²) in [5.74, 6) is -1.22. The average Bonchev–Trinajstić information content (AvgIpc) is 2.68. The molecule has 0 bridgehead atoms. The van der Waals surface area contributed by atoms with Gasteiger partial charge in [-0.05, 0) is 12.1 Å². The highest BCUT2D eigenvalue weighted by molar-refractivity contribution is 6.35. The summed E-state index contributed by atoms with van der Waals surface area (Å²) in [5.41, 5.74) is 6.65. The summed E-state index contributed by atoms with van der Waals surface area (Å²) in [7, 11) is 1.72. The normalized spacial score (nSPS) is 10.5. The predicted octanol–water partition coefficient (Wildman–Crippen LogP) is 1.42. The monoisotopic (exact) mass is 252 g/mol. The van der Waals surface area contributed by atoms with Crippen LogP contribution in [0.4, 0.5) is 5.69 Å². The Hall–Kier alpha value is -2.08. The number of carboxylic acid groups (broad SMARTS) is 1. The zero-order chi connectivity index (χ0) is 12.6. The van der Waals surface area contributed by atoms with Crippen LogP contribution in [0.2, 0.25) is 5.02 Å². The summed E-state index contributed by atoms with van der Waals surface area (Å²) in [6.07, 6.45) is 1.59. The third-order valence-corrected chi connectivity index (χ3v) is 2.67. The van der Waals surface area contributed by atoms with Crippen LogP contribution in [0.3, 0.4) is 0 Å². The molecule has 0 aliphatic heterocycles. The van der Waals surface area contributed by atoms with Crippen LogP contribution in [0.25, 0.3) is 11.4 Å². The largest absolute Gasteiger partial charge is 0.476 e. The number of pyridine rings is 1. The van der Waals surface area contributed by atoms with Crippen LogP contribution in [0, 0.1) is 0 Å². The molecule has 2 aromatic heterocycles. The number of carboxylic acids is 1. The maximum atomic E-state index is 11.0. The Balaban J connectivity index is 2.65. The number of halogens is 1. The van der Waals surface area contributed by atoms with Gasteiger partial charge in [-0.25, -0.2) is 9.78 Å². The van der Waals surface area contributed by atoms with Gasteiger partial charge in [0.05, 0.1) is 22.1 Å². The molecule has 0 aromatic carbocycles. The minimum Gasteiger partial charge on any atom is -0.476 e. The number of nitrogens with two attached hydrogens (primary N) is 1. The molecule has 0 saturated carbocycles. The van der Waals surface area contributed by atoms with Gasteiger partial charge >= 0.3 is 5.97 Å². The smallest absolute Gasteiger partial charge is 0.356 e. The third-order valence-electron chi connectivity index (χ3n) is 2.27. The molecule has 2 heterocycles. The van der Waals surface area contributed by atoms with Crippen molar-refractivity contribution in [2.24, 2.45) is 7.05 Å². The van der Waals surface area contributed by atoms with Gasteiger partial charge in [-0.3, -0.25) is 4.68 Å². The molecular weight excluding hydrogens is 244 g/mol. The van der Waals surface area contributed by atoms with Crippen molar-refractivity contribution in [3.8, 4) is 11.4 Å².